The van der Waals surface area contributed by atoms with E-state index in [-0.39, 0.29) is 6.04 Å². The summed E-state index contributed by atoms with van der Waals surface area (Å²) in [5, 5.41) is 11.4. The Balaban J connectivity index is 2.59. The van der Waals surface area contributed by atoms with E-state index in [1.165, 1.54) is 12.4 Å². The van der Waals surface area contributed by atoms with E-state index < -0.39 is 0 Å². The first-order valence-electron chi connectivity index (χ1n) is 2.46. The van der Waals surface area contributed by atoms with Crippen LogP contribution in [0.5, 0.6) is 0 Å². The van der Waals surface area contributed by atoms with Gasteiger partial charge in [-0.15, -0.1) is 0 Å². The lowest BCUT2D eigenvalue weighted by molar-refractivity contribution is 0.476. The lowest BCUT2D eigenvalue weighted by atomic mass is 10.3. The molecule has 0 fully saturated rings. The number of hydrogen-bond donors (Lipinski definition) is 0. The van der Waals surface area contributed by atoms with Gasteiger partial charge in [0.25, 0.3) is 0 Å². The van der Waals surface area contributed by atoms with Gasteiger partial charge in [-0.2, -0.15) is 0 Å². The monoisotopic (exact) mass is 111 g/mol. The number of aliphatic imine (C=N–C) groups is 1. The quantitative estimate of drug-likeness (QED) is 0.462. The van der Waals surface area contributed by atoms with Gasteiger partial charge < -0.3 is 10.3 Å². The van der Waals surface area contributed by atoms with Crippen molar-refractivity contribution in [3.05, 3.63) is 17.6 Å². The van der Waals surface area contributed by atoms with Crippen LogP contribution in [0.25, 0.3) is 0 Å². The fourth-order valence-electron chi connectivity index (χ4n) is 0.480. The molecule has 0 bridgehead atoms. The Morgan fingerprint density at radius 2 is 2.50 bits per heavy atom. The highest BCUT2D eigenvalue weighted by Crippen LogP contribution is 1.99. The maximum atomic E-state index is 10.5. The molecule has 1 aliphatic rings. The normalized spacial score (nSPS) is 26.8. The third-order valence-electron chi connectivity index (χ3n) is 1.00. The van der Waals surface area contributed by atoms with Crippen molar-refractivity contribution in [3.63, 3.8) is 0 Å². The molecule has 44 valence electrons. The Morgan fingerprint density at radius 1 is 1.75 bits per heavy atom. The maximum absolute atomic E-state index is 10.5. The second-order valence-electron chi connectivity index (χ2n) is 1.70. The molecule has 0 amide bonds. The third-order valence-corrected chi connectivity index (χ3v) is 1.00. The SMILES string of the molecule is CC1C=NC=CN1[O-]. The Labute approximate surface area is 47.9 Å². The summed E-state index contributed by atoms with van der Waals surface area (Å²) in [7, 11) is 0. The highest BCUT2D eigenvalue weighted by atomic mass is 16.5. The van der Waals surface area contributed by atoms with Gasteiger partial charge in [0, 0.05) is 18.6 Å². The van der Waals surface area contributed by atoms with E-state index in [1.807, 2.05) is 0 Å². The van der Waals surface area contributed by atoms with Crippen molar-refractivity contribution in [1.82, 2.24) is 5.06 Å². The molecule has 0 aromatic rings. The van der Waals surface area contributed by atoms with Crippen LogP contribution in [0.2, 0.25) is 0 Å². The van der Waals surface area contributed by atoms with Crippen molar-refractivity contribution < 1.29 is 0 Å². The van der Waals surface area contributed by atoms with Crippen molar-refractivity contribution in [2.75, 3.05) is 0 Å². The zero-order chi connectivity index (χ0) is 5.98. The van der Waals surface area contributed by atoms with Crippen LogP contribution in [0.4, 0.5) is 0 Å². The van der Waals surface area contributed by atoms with E-state index >= 15 is 0 Å². The van der Waals surface area contributed by atoms with E-state index in [2.05, 4.69) is 4.99 Å². The first-order valence-corrected chi connectivity index (χ1v) is 2.46. The molecule has 3 heteroatoms. The summed E-state index contributed by atoms with van der Waals surface area (Å²) >= 11 is 0. The van der Waals surface area contributed by atoms with Gasteiger partial charge in [0.05, 0.1) is 6.04 Å². The zero-order valence-corrected chi connectivity index (χ0v) is 4.61. The summed E-state index contributed by atoms with van der Waals surface area (Å²) in [6.45, 7) is 1.79. The molecule has 0 N–H and O–H groups in total. The molecule has 1 heterocycles. The molecule has 0 aliphatic carbocycles. The van der Waals surface area contributed by atoms with Crippen molar-refractivity contribution in [2.24, 2.45) is 4.99 Å². The molecule has 1 rings (SSSR count). The first-order chi connectivity index (χ1) is 3.80. The second kappa shape index (κ2) is 1.96. The van der Waals surface area contributed by atoms with Gasteiger partial charge in [-0.25, -0.2) is 0 Å². The van der Waals surface area contributed by atoms with E-state index in [0.717, 1.165) is 5.06 Å². The molecule has 0 aromatic carbocycles. The van der Waals surface area contributed by atoms with Crippen LogP contribution < -0.4 is 0 Å². The molecule has 8 heavy (non-hydrogen) atoms. The first kappa shape index (κ1) is 5.31. The van der Waals surface area contributed by atoms with Crippen LogP contribution in [0.3, 0.4) is 0 Å². The number of nitrogens with zero attached hydrogens (tertiary/aromatic N) is 2. The van der Waals surface area contributed by atoms with Crippen molar-refractivity contribution in [3.8, 4) is 0 Å². The molecular weight excluding hydrogens is 104 g/mol. The van der Waals surface area contributed by atoms with Gasteiger partial charge in [0.2, 0.25) is 0 Å². The van der Waals surface area contributed by atoms with Crippen LogP contribution in [0.1, 0.15) is 6.92 Å². The van der Waals surface area contributed by atoms with Crippen molar-refractivity contribution >= 4 is 6.21 Å². The summed E-state index contributed by atoms with van der Waals surface area (Å²) in [6, 6.07) is -0.0972. The summed E-state index contributed by atoms with van der Waals surface area (Å²) in [5.41, 5.74) is 0. The van der Waals surface area contributed by atoms with E-state index in [4.69, 9.17) is 0 Å². The van der Waals surface area contributed by atoms with Gasteiger partial charge in [0.15, 0.2) is 0 Å². The maximum Gasteiger partial charge on any atom is 0.0503 e. The van der Waals surface area contributed by atoms with Crippen LogP contribution in [0, 0.1) is 5.21 Å². The van der Waals surface area contributed by atoms with Crippen LogP contribution >= 0.6 is 0 Å². The average Bonchev–Trinajstić information content (AvgIpc) is 1.77. The molecule has 3 nitrogen and oxygen atoms in total. The highest BCUT2D eigenvalue weighted by Gasteiger charge is 1.96. The number of rotatable bonds is 0. The predicted octanol–water partition coefficient (Wildman–Crippen LogP) is 0.730. The molecule has 0 saturated carbocycles. The second-order valence-corrected chi connectivity index (χ2v) is 1.70. The smallest absolute Gasteiger partial charge is 0.0503 e. The number of hydroxylamine groups is 2. The van der Waals surface area contributed by atoms with Crippen molar-refractivity contribution in [2.45, 2.75) is 13.0 Å². The summed E-state index contributed by atoms with van der Waals surface area (Å²) in [6.07, 6.45) is 4.49. The van der Waals surface area contributed by atoms with Crippen LogP contribution in [0.15, 0.2) is 17.4 Å². The standard InChI is InChI=1S/C5H7N2O/c1-5-4-6-2-3-7(5)8/h2-5H,1H3/q-1. The van der Waals surface area contributed by atoms with E-state index in [1.54, 1.807) is 13.1 Å². The number of hydrogen-bond acceptors (Lipinski definition) is 3. The molecule has 1 atom stereocenters. The molecule has 1 unspecified atom stereocenters. The summed E-state index contributed by atoms with van der Waals surface area (Å²) < 4.78 is 0. The van der Waals surface area contributed by atoms with E-state index in [0.29, 0.717) is 0 Å². The van der Waals surface area contributed by atoms with Gasteiger partial charge in [0.1, 0.15) is 0 Å². The summed E-state index contributed by atoms with van der Waals surface area (Å²) in [4.78, 5) is 3.76. The van der Waals surface area contributed by atoms with Gasteiger partial charge in [-0.3, -0.25) is 4.99 Å². The van der Waals surface area contributed by atoms with Crippen molar-refractivity contribution in [1.29, 1.82) is 0 Å². The molecule has 0 aromatic heterocycles. The summed E-state index contributed by atoms with van der Waals surface area (Å²) in [5.74, 6) is 0. The Hall–Kier alpha value is -0.830. The minimum atomic E-state index is -0.0972. The average molecular weight is 111 g/mol. The van der Waals surface area contributed by atoms with Crippen LogP contribution in [-0.4, -0.2) is 17.3 Å². The predicted molar refractivity (Wildman–Crippen MR) is 32.3 cm³/mol. The fourth-order valence-corrected chi connectivity index (χ4v) is 0.480. The van der Waals surface area contributed by atoms with Gasteiger partial charge >= 0.3 is 0 Å². The Kier molecular flexibility index (Phi) is 1.30. The molecule has 1 aliphatic heterocycles. The van der Waals surface area contributed by atoms with Gasteiger partial charge in [-0.1, -0.05) is 0 Å². The Bertz CT molecular complexity index is 114. The van der Waals surface area contributed by atoms with Gasteiger partial charge in [-0.05, 0) is 6.92 Å². The minimum Gasteiger partial charge on any atom is -0.758 e. The molecule has 0 spiro atoms. The topological polar surface area (TPSA) is 38.7 Å². The molecule has 0 radical (unpaired) electrons. The largest absolute Gasteiger partial charge is 0.758 e. The molecular formula is C5H7N2O-. The lowest BCUT2D eigenvalue weighted by Gasteiger charge is -2.32. The minimum absolute atomic E-state index is 0.0972. The molecule has 0 saturated heterocycles. The van der Waals surface area contributed by atoms with Crippen LogP contribution in [-0.2, 0) is 0 Å². The third kappa shape index (κ3) is 0.869. The Morgan fingerprint density at radius 3 is 2.88 bits per heavy atom. The highest BCUT2D eigenvalue weighted by molar-refractivity contribution is 5.65. The zero-order valence-electron chi connectivity index (χ0n) is 4.61. The fraction of sp³-hybridized carbons (Fsp3) is 0.400. The lowest BCUT2D eigenvalue weighted by Crippen LogP contribution is -2.24. The van der Waals surface area contributed by atoms with E-state index in [9.17, 15) is 5.21 Å².